The first-order valence-corrected chi connectivity index (χ1v) is 9.76. The molecule has 0 bridgehead atoms. The predicted octanol–water partition coefficient (Wildman–Crippen LogP) is 3.27. The number of aryl methyl sites for hydroxylation is 1. The molecule has 0 radical (unpaired) electrons. The molecule has 30 heavy (non-hydrogen) atoms. The summed E-state index contributed by atoms with van der Waals surface area (Å²) in [7, 11) is 1.59. The number of hydrogen-bond donors (Lipinski definition) is 1. The summed E-state index contributed by atoms with van der Waals surface area (Å²) in [5, 5.41) is 13.8. The molecule has 1 saturated heterocycles. The second kappa shape index (κ2) is 9.08. The SMILES string of the molecule is CNc1ccc([N+](=O)[O-])cc1C(=O)OCC(=O)c1cc(C)n(C[C@@H]2CCCO2)c1C. The van der Waals surface area contributed by atoms with Crippen LogP contribution in [0.15, 0.2) is 24.3 Å². The van der Waals surface area contributed by atoms with Gasteiger partial charge in [-0.05, 0) is 38.8 Å². The lowest BCUT2D eigenvalue weighted by Gasteiger charge is -2.14. The molecule has 1 fully saturated rings. The maximum absolute atomic E-state index is 12.7. The molecule has 1 atom stereocenters. The predicted molar refractivity (Wildman–Crippen MR) is 110 cm³/mol. The Labute approximate surface area is 174 Å². The lowest BCUT2D eigenvalue weighted by molar-refractivity contribution is -0.384. The first-order valence-electron chi connectivity index (χ1n) is 9.76. The number of nitrogens with zero attached hydrogens (tertiary/aromatic N) is 2. The summed E-state index contributed by atoms with van der Waals surface area (Å²) in [6.07, 6.45) is 2.18. The van der Waals surface area contributed by atoms with Gasteiger partial charge in [-0.1, -0.05) is 0 Å². The van der Waals surface area contributed by atoms with Gasteiger partial charge >= 0.3 is 5.97 Å². The molecule has 2 aromatic rings. The Morgan fingerprint density at radius 3 is 2.70 bits per heavy atom. The molecule has 0 saturated carbocycles. The molecule has 1 N–H and O–H groups in total. The standard InChI is InChI=1S/C21H25N3O6/c1-13-9-17(14(2)23(13)11-16-5-4-8-29-16)20(25)12-30-21(26)18-10-15(24(27)28)6-7-19(18)22-3/h6-7,9-10,16,22H,4-5,8,11-12H2,1-3H3/t16-/m0/s1. The van der Waals surface area contributed by atoms with E-state index in [0.29, 0.717) is 17.8 Å². The number of rotatable bonds is 8. The number of ketones is 1. The molecule has 3 rings (SSSR count). The van der Waals surface area contributed by atoms with E-state index in [1.807, 2.05) is 18.4 Å². The molecular weight excluding hydrogens is 390 g/mol. The highest BCUT2D eigenvalue weighted by Crippen LogP contribution is 2.24. The normalized spacial score (nSPS) is 15.8. The number of nitro benzene ring substituents is 1. The van der Waals surface area contributed by atoms with Gasteiger partial charge in [0.1, 0.15) is 0 Å². The van der Waals surface area contributed by atoms with E-state index in [1.165, 1.54) is 12.1 Å². The zero-order chi connectivity index (χ0) is 21.8. The van der Waals surface area contributed by atoms with Crippen molar-refractivity contribution in [2.24, 2.45) is 0 Å². The van der Waals surface area contributed by atoms with Gasteiger partial charge in [0.15, 0.2) is 6.61 Å². The Morgan fingerprint density at radius 2 is 2.07 bits per heavy atom. The summed E-state index contributed by atoms with van der Waals surface area (Å²) in [5.41, 5.74) is 2.39. The van der Waals surface area contributed by atoms with E-state index in [-0.39, 0.29) is 23.1 Å². The molecule has 1 aliphatic heterocycles. The van der Waals surface area contributed by atoms with Crippen LogP contribution in [-0.2, 0) is 16.0 Å². The smallest absolute Gasteiger partial charge is 0.340 e. The van der Waals surface area contributed by atoms with Gasteiger partial charge in [0.25, 0.3) is 5.69 Å². The number of Topliss-reactive ketones (excluding diaryl/α,β-unsaturated/α-hetero) is 1. The fraction of sp³-hybridized carbons (Fsp3) is 0.429. The van der Waals surface area contributed by atoms with Gasteiger partial charge in [0.2, 0.25) is 5.78 Å². The molecule has 9 nitrogen and oxygen atoms in total. The van der Waals surface area contributed by atoms with Crippen LogP contribution >= 0.6 is 0 Å². The number of ether oxygens (including phenoxy) is 2. The largest absolute Gasteiger partial charge is 0.454 e. The van der Waals surface area contributed by atoms with Crippen LogP contribution in [0.3, 0.4) is 0 Å². The minimum atomic E-state index is -0.801. The maximum Gasteiger partial charge on any atom is 0.340 e. The number of anilines is 1. The Hall–Kier alpha value is -3.20. The van der Waals surface area contributed by atoms with Crippen LogP contribution in [0.25, 0.3) is 0 Å². The van der Waals surface area contributed by atoms with Crippen LogP contribution in [0.5, 0.6) is 0 Å². The average Bonchev–Trinajstić information content (AvgIpc) is 3.35. The first kappa shape index (κ1) is 21.5. The zero-order valence-corrected chi connectivity index (χ0v) is 17.3. The monoisotopic (exact) mass is 415 g/mol. The van der Waals surface area contributed by atoms with Gasteiger partial charge in [-0.25, -0.2) is 4.79 Å². The molecule has 0 spiro atoms. The van der Waals surface area contributed by atoms with Crippen LogP contribution in [-0.4, -0.2) is 47.6 Å². The van der Waals surface area contributed by atoms with Crippen LogP contribution in [0.4, 0.5) is 11.4 Å². The van der Waals surface area contributed by atoms with E-state index in [0.717, 1.165) is 36.9 Å². The molecule has 0 unspecified atom stereocenters. The van der Waals surface area contributed by atoms with Gasteiger partial charge < -0.3 is 19.4 Å². The molecule has 1 aromatic carbocycles. The van der Waals surface area contributed by atoms with Crippen molar-refractivity contribution in [3.05, 3.63) is 56.9 Å². The number of non-ortho nitro benzene ring substituents is 1. The number of carbonyl (C=O) groups excluding carboxylic acids is 2. The van der Waals surface area contributed by atoms with E-state index in [9.17, 15) is 19.7 Å². The van der Waals surface area contributed by atoms with E-state index < -0.39 is 17.5 Å². The van der Waals surface area contributed by atoms with Crippen molar-refractivity contribution in [1.82, 2.24) is 4.57 Å². The minimum absolute atomic E-state index is 0.00311. The summed E-state index contributed by atoms with van der Waals surface area (Å²) in [4.78, 5) is 35.5. The van der Waals surface area contributed by atoms with Crippen molar-refractivity contribution in [3.8, 4) is 0 Å². The van der Waals surface area contributed by atoms with Gasteiger partial charge in [0.05, 0.1) is 16.6 Å². The maximum atomic E-state index is 12.7. The third-order valence-electron chi connectivity index (χ3n) is 5.32. The Bertz CT molecular complexity index is 975. The number of carbonyl (C=O) groups is 2. The highest BCUT2D eigenvalue weighted by Gasteiger charge is 2.23. The lowest BCUT2D eigenvalue weighted by atomic mass is 10.1. The van der Waals surface area contributed by atoms with Crippen LogP contribution in [0.2, 0.25) is 0 Å². The van der Waals surface area contributed by atoms with Crippen LogP contribution < -0.4 is 5.32 Å². The quantitative estimate of drug-likeness (QED) is 0.305. The Balaban J connectivity index is 1.71. The van der Waals surface area contributed by atoms with Crippen molar-refractivity contribution in [2.45, 2.75) is 39.3 Å². The molecule has 2 heterocycles. The second-order valence-electron chi connectivity index (χ2n) is 7.27. The topological polar surface area (TPSA) is 113 Å². The molecular formula is C21H25N3O6. The summed E-state index contributed by atoms with van der Waals surface area (Å²) < 4.78 is 12.9. The molecule has 0 aliphatic carbocycles. The Kier molecular flexibility index (Phi) is 6.51. The summed E-state index contributed by atoms with van der Waals surface area (Å²) in [6.45, 7) is 4.78. The van der Waals surface area contributed by atoms with Crippen molar-refractivity contribution in [1.29, 1.82) is 0 Å². The molecule has 0 amide bonds. The van der Waals surface area contributed by atoms with Gasteiger partial charge in [-0.2, -0.15) is 0 Å². The first-order chi connectivity index (χ1) is 14.3. The van der Waals surface area contributed by atoms with Crippen LogP contribution in [0, 0.1) is 24.0 Å². The zero-order valence-electron chi connectivity index (χ0n) is 17.3. The summed E-state index contributed by atoms with van der Waals surface area (Å²) >= 11 is 0. The molecule has 160 valence electrons. The number of benzene rings is 1. The third-order valence-corrected chi connectivity index (χ3v) is 5.32. The van der Waals surface area contributed by atoms with E-state index in [1.54, 1.807) is 13.1 Å². The average molecular weight is 415 g/mol. The van der Waals surface area contributed by atoms with Crippen molar-refractivity contribution < 1.29 is 24.0 Å². The summed E-state index contributed by atoms with van der Waals surface area (Å²) in [5.74, 6) is -1.13. The molecule has 1 aliphatic rings. The number of aromatic nitrogens is 1. The molecule has 9 heteroatoms. The van der Waals surface area contributed by atoms with Crippen LogP contribution in [0.1, 0.15) is 44.9 Å². The van der Waals surface area contributed by atoms with Crippen molar-refractivity contribution in [3.63, 3.8) is 0 Å². The lowest BCUT2D eigenvalue weighted by Crippen LogP contribution is -2.18. The van der Waals surface area contributed by atoms with Gasteiger partial charge in [-0.3, -0.25) is 14.9 Å². The highest BCUT2D eigenvalue weighted by molar-refractivity contribution is 6.02. The van der Waals surface area contributed by atoms with E-state index >= 15 is 0 Å². The van der Waals surface area contributed by atoms with Gasteiger partial charge in [-0.15, -0.1) is 0 Å². The number of hydrogen-bond acceptors (Lipinski definition) is 7. The molecule has 1 aromatic heterocycles. The van der Waals surface area contributed by atoms with Crippen molar-refractivity contribution >= 4 is 23.1 Å². The van der Waals surface area contributed by atoms with Gasteiger partial charge in [0, 0.05) is 55.0 Å². The number of esters is 1. The number of nitrogens with one attached hydrogen (secondary N) is 1. The van der Waals surface area contributed by atoms with Crippen molar-refractivity contribution in [2.75, 3.05) is 25.6 Å². The summed E-state index contributed by atoms with van der Waals surface area (Å²) in [6, 6.07) is 5.63. The third kappa shape index (κ3) is 4.51. The number of nitro groups is 1. The fourth-order valence-corrected chi connectivity index (χ4v) is 3.68. The van der Waals surface area contributed by atoms with E-state index in [4.69, 9.17) is 9.47 Å². The second-order valence-corrected chi connectivity index (χ2v) is 7.27. The Morgan fingerprint density at radius 1 is 1.30 bits per heavy atom. The van der Waals surface area contributed by atoms with E-state index in [2.05, 4.69) is 5.32 Å². The fourth-order valence-electron chi connectivity index (χ4n) is 3.68. The minimum Gasteiger partial charge on any atom is -0.454 e. The highest BCUT2D eigenvalue weighted by atomic mass is 16.6.